The predicted molar refractivity (Wildman–Crippen MR) is 76.7 cm³/mol. The molecular weight excluding hydrogens is 228 g/mol. The summed E-state index contributed by atoms with van der Waals surface area (Å²) in [5, 5.41) is 18.7. The van der Waals surface area contributed by atoms with Crippen LogP contribution in [0.25, 0.3) is 0 Å². The molecule has 3 heteroatoms. The Bertz CT molecular complexity index is 378. The molecule has 0 unspecified atom stereocenters. The van der Waals surface area contributed by atoms with Crippen LogP contribution < -0.4 is 0 Å². The average molecular weight is 254 g/mol. The van der Waals surface area contributed by atoms with Crippen molar-refractivity contribution in [1.82, 2.24) is 0 Å². The van der Waals surface area contributed by atoms with Crippen molar-refractivity contribution in [2.75, 3.05) is 0 Å². The first kappa shape index (κ1) is 18.8. The molecule has 0 saturated heterocycles. The van der Waals surface area contributed by atoms with Crippen molar-refractivity contribution in [2.45, 2.75) is 55.4 Å². The summed E-state index contributed by atoms with van der Waals surface area (Å²) in [7, 11) is 0. The molecule has 0 fully saturated rings. The molecule has 0 aromatic heterocycles. The number of carboxylic acid groups (broad SMARTS) is 1. The van der Waals surface area contributed by atoms with Crippen LogP contribution in [0.1, 0.15) is 60.3 Å². The van der Waals surface area contributed by atoms with Crippen LogP contribution in [0.2, 0.25) is 0 Å². The maximum absolute atomic E-state index is 11.0. The maximum atomic E-state index is 11.0. The Morgan fingerprint density at radius 2 is 1.06 bits per heavy atom. The summed E-state index contributed by atoms with van der Waals surface area (Å²) >= 11 is 0. The molecule has 1 aromatic rings. The van der Waals surface area contributed by atoms with Gasteiger partial charge in [-0.3, -0.25) is 0 Å². The standard InChI is InChI=1S/C11H14O3.2C2H6/c1-5-7(3)10(12)8(4)6(2)9(5)11(13)14;2*1-2/h12H,1-4H3,(H,13,14);2*1-2H3. The third kappa shape index (κ3) is 3.76. The summed E-state index contributed by atoms with van der Waals surface area (Å²) in [4.78, 5) is 11.0. The number of carboxylic acids is 1. The third-order valence-electron chi connectivity index (χ3n) is 2.80. The summed E-state index contributed by atoms with van der Waals surface area (Å²) in [5.41, 5.74) is 2.87. The van der Waals surface area contributed by atoms with Gasteiger partial charge in [0.1, 0.15) is 5.75 Å². The zero-order chi connectivity index (χ0) is 15.0. The number of phenolic OH excluding ortho intramolecular Hbond substituents is 1. The van der Waals surface area contributed by atoms with E-state index in [9.17, 15) is 9.90 Å². The number of hydrogen-bond acceptors (Lipinski definition) is 2. The molecule has 0 heterocycles. The van der Waals surface area contributed by atoms with E-state index in [-0.39, 0.29) is 5.75 Å². The van der Waals surface area contributed by atoms with Gasteiger partial charge in [0.15, 0.2) is 0 Å². The molecule has 0 bridgehead atoms. The molecule has 0 saturated carbocycles. The second kappa shape index (κ2) is 8.56. The van der Waals surface area contributed by atoms with E-state index < -0.39 is 5.97 Å². The highest BCUT2D eigenvalue weighted by molar-refractivity contribution is 5.92. The van der Waals surface area contributed by atoms with Crippen molar-refractivity contribution in [3.63, 3.8) is 0 Å². The van der Waals surface area contributed by atoms with Crippen LogP contribution in [0, 0.1) is 27.7 Å². The highest BCUT2D eigenvalue weighted by Crippen LogP contribution is 2.31. The van der Waals surface area contributed by atoms with E-state index in [0.29, 0.717) is 27.8 Å². The summed E-state index contributed by atoms with van der Waals surface area (Å²) in [6, 6.07) is 0. The molecule has 0 atom stereocenters. The Morgan fingerprint density at radius 3 is 1.28 bits per heavy atom. The zero-order valence-corrected chi connectivity index (χ0v) is 12.8. The van der Waals surface area contributed by atoms with Gasteiger partial charge in [0.05, 0.1) is 5.56 Å². The smallest absolute Gasteiger partial charge is 0.336 e. The number of aromatic carboxylic acids is 1. The minimum absolute atomic E-state index is 0.199. The SMILES string of the molecule is CC.CC.Cc1c(C)c(C(=O)O)c(C)c(C)c1O. The van der Waals surface area contributed by atoms with Gasteiger partial charge in [-0.05, 0) is 49.9 Å². The summed E-state index contributed by atoms with van der Waals surface area (Å²) in [5.74, 6) is -0.740. The number of aromatic hydroxyl groups is 1. The molecule has 1 aromatic carbocycles. The fourth-order valence-corrected chi connectivity index (χ4v) is 1.61. The molecule has 3 nitrogen and oxygen atoms in total. The van der Waals surface area contributed by atoms with Crippen molar-refractivity contribution in [3.05, 3.63) is 27.8 Å². The number of rotatable bonds is 1. The van der Waals surface area contributed by atoms with Gasteiger partial charge in [-0.15, -0.1) is 0 Å². The molecule has 2 N–H and O–H groups in total. The van der Waals surface area contributed by atoms with Crippen molar-refractivity contribution >= 4 is 5.97 Å². The molecule has 0 aliphatic carbocycles. The van der Waals surface area contributed by atoms with Gasteiger partial charge < -0.3 is 10.2 Å². The maximum Gasteiger partial charge on any atom is 0.336 e. The fourth-order valence-electron chi connectivity index (χ4n) is 1.61. The number of hydrogen-bond donors (Lipinski definition) is 2. The second-order valence-corrected chi connectivity index (χ2v) is 3.53. The van der Waals surface area contributed by atoms with Crippen LogP contribution in [0.5, 0.6) is 5.75 Å². The van der Waals surface area contributed by atoms with E-state index in [0.717, 1.165) is 0 Å². The summed E-state index contributed by atoms with van der Waals surface area (Å²) in [6.45, 7) is 14.9. The van der Waals surface area contributed by atoms with Gasteiger partial charge in [-0.1, -0.05) is 27.7 Å². The third-order valence-corrected chi connectivity index (χ3v) is 2.80. The second-order valence-electron chi connectivity index (χ2n) is 3.53. The lowest BCUT2D eigenvalue weighted by Gasteiger charge is -2.14. The van der Waals surface area contributed by atoms with Crippen molar-refractivity contribution < 1.29 is 15.0 Å². The van der Waals surface area contributed by atoms with E-state index in [1.807, 2.05) is 27.7 Å². The van der Waals surface area contributed by atoms with Gasteiger partial charge in [0.25, 0.3) is 0 Å². The molecule has 104 valence electrons. The van der Waals surface area contributed by atoms with Crippen LogP contribution in [0.4, 0.5) is 0 Å². The molecule has 0 amide bonds. The Morgan fingerprint density at radius 1 is 0.778 bits per heavy atom. The van der Waals surface area contributed by atoms with Crippen molar-refractivity contribution in [1.29, 1.82) is 0 Å². The van der Waals surface area contributed by atoms with E-state index >= 15 is 0 Å². The summed E-state index contributed by atoms with van der Waals surface area (Å²) < 4.78 is 0. The quantitative estimate of drug-likeness (QED) is 0.782. The monoisotopic (exact) mass is 254 g/mol. The molecule has 1 rings (SSSR count). The largest absolute Gasteiger partial charge is 0.507 e. The van der Waals surface area contributed by atoms with Crippen molar-refractivity contribution in [3.8, 4) is 5.75 Å². The van der Waals surface area contributed by atoms with Crippen LogP contribution in [0.3, 0.4) is 0 Å². The van der Waals surface area contributed by atoms with E-state index in [4.69, 9.17) is 5.11 Å². The Balaban J connectivity index is 0. The Kier molecular flexibility index (Phi) is 8.96. The Labute approximate surface area is 110 Å². The lowest BCUT2D eigenvalue weighted by atomic mass is 9.93. The van der Waals surface area contributed by atoms with Crippen molar-refractivity contribution in [2.24, 2.45) is 0 Å². The first-order valence-electron chi connectivity index (χ1n) is 6.40. The van der Waals surface area contributed by atoms with Crippen LogP contribution >= 0.6 is 0 Å². The van der Waals surface area contributed by atoms with E-state index in [1.165, 1.54) is 0 Å². The minimum Gasteiger partial charge on any atom is -0.507 e. The Hall–Kier alpha value is -1.51. The first-order valence-corrected chi connectivity index (χ1v) is 6.40. The first-order chi connectivity index (χ1) is 8.37. The van der Waals surface area contributed by atoms with Crippen LogP contribution in [-0.2, 0) is 0 Å². The molecule has 0 radical (unpaired) electrons. The number of phenols is 1. The topological polar surface area (TPSA) is 57.5 Å². The van der Waals surface area contributed by atoms with Gasteiger partial charge >= 0.3 is 5.97 Å². The van der Waals surface area contributed by atoms with Crippen LogP contribution in [-0.4, -0.2) is 16.2 Å². The minimum atomic E-state index is -0.939. The number of benzene rings is 1. The van der Waals surface area contributed by atoms with E-state index in [2.05, 4.69) is 0 Å². The highest BCUT2D eigenvalue weighted by atomic mass is 16.4. The molecule has 0 aliphatic rings. The highest BCUT2D eigenvalue weighted by Gasteiger charge is 2.18. The molecular formula is C15H26O3. The van der Waals surface area contributed by atoms with Gasteiger partial charge in [0, 0.05) is 0 Å². The van der Waals surface area contributed by atoms with Crippen LogP contribution in [0.15, 0.2) is 0 Å². The lowest BCUT2D eigenvalue weighted by molar-refractivity contribution is 0.0695. The number of carbonyl (C=O) groups is 1. The average Bonchev–Trinajstić information content (AvgIpc) is 2.38. The fraction of sp³-hybridized carbons (Fsp3) is 0.533. The van der Waals surface area contributed by atoms with Gasteiger partial charge in [-0.2, -0.15) is 0 Å². The molecule has 0 spiro atoms. The van der Waals surface area contributed by atoms with Gasteiger partial charge in [-0.25, -0.2) is 4.79 Å². The van der Waals surface area contributed by atoms with Gasteiger partial charge in [0.2, 0.25) is 0 Å². The summed E-state index contributed by atoms with van der Waals surface area (Å²) in [6.07, 6.45) is 0. The van der Waals surface area contributed by atoms with E-state index in [1.54, 1.807) is 27.7 Å². The predicted octanol–water partition coefficient (Wildman–Crippen LogP) is 4.38. The molecule has 0 aliphatic heterocycles. The normalized spacial score (nSPS) is 8.67. The molecule has 18 heavy (non-hydrogen) atoms. The zero-order valence-electron chi connectivity index (χ0n) is 12.8. The lowest BCUT2D eigenvalue weighted by Crippen LogP contribution is -2.06.